The average Bonchev–Trinajstić information content (AvgIpc) is 2.53. The van der Waals surface area contributed by atoms with Crippen molar-refractivity contribution in [2.75, 3.05) is 6.54 Å². The van der Waals surface area contributed by atoms with Crippen LogP contribution in [0.4, 0.5) is 0 Å². The van der Waals surface area contributed by atoms with Crippen LogP contribution in [0.25, 0.3) is 0 Å². The molecule has 1 atom stereocenters. The molecule has 0 bridgehead atoms. The molecule has 1 saturated heterocycles. The van der Waals surface area contributed by atoms with Gasteiger partial charge in [0.1, 0.15) is 6.33 Å². The van der Waals surface area contributed by atoms with Crippen molar-refractivity contribution in [2.24, 2.45) is 7.05 Å². The first-order valence-electron chi connectivity index (χ1n) is 4.82. The fraction of sp³-hybridized carbons (Fsp3) is 0.778. The van der Waals surface area contributed by atoms with Crippen LogP contribution in [0.1, 0.15) is 32.0 Å². The molecular formula is C9H16N4. The van der Waals surface area contributed by atoms with Gasteiger partial charge in [0.15, 0.2) is 5.82 Å². The predicted octanol–water partition coefficient (Wildman–Crippen LogP) is 0.804. The molecule has 1 fully saturated rings. The highest BCUT2D eigenvalue weighted by Crippen LogP contribution is 2.27. The third kappa shape index (κ3) is 1.46. The summed E-state index contributed by atoms with van der Waals surface area (Å²) in [6.07, 6.45) is 5.46. The standard InChI is InChI=1S/C9H16N4/c1-9(5-3-4-6-10-9)8-12-11-7-13(8)2/h7,10H,3-6H2,1-2H3. The quantitative estimate of drug-likeness (QED) is 0.695. The summed E-state index contributed by atoms with van der Waals surface area (Å²) >= 11 is 0. The minimum atomic E-state index is 0.0312. The molecule has 2 rings (SSSR count). The van der Waals surface area contributed by atoms with E-state index in [1.54, 1.807) is 6.33 Å². The summed E-state index contributed by atoms with van der Waals surface area (Å²) in [5, 5.41) is 11.6. The Morgan fingerprint density at radius 3 is 2.92 bits per heavy atom. The number of nitrogens with zero attached hydrogens (tertiary/aromatic N) is 3. The van der Waals surface area contributed by atoms with Gasteiger partial charge in [-0.1, -0.05) is 0 Å². The summed E-state index contributed by atoms with van der Waals surface area (Å²) in [5.74, 6) is 1.05. The van der Waals surface area contributed by atoms with Crippen molar-refractivity contribution in [3.05, 3.63) is 12.2 Å². The van der Waals surface area contributed by atoms with E-state index in [1.165, 1.54) is 12.8 Å². The van der Waals surface area contributed by atoms with Crippen molar-refractivity contribution in [3.8, 4) is 0 Å². The minimum absolute atomic E-state index is 0.0312. The van der Waals surface area contributed by atoms with Crippen LogP contribution < -0.4 is 5.32 Å². The lowest BCUT2D eigenvalue weighted by molar-refractivity contribution is 0.262. The van der Waals surface area contributed by atoms with E-state index in [-0.39, 0.29) is 5.54 Å². The molecule has 72 valence electrons. The number of aryl methyl sites for hydroxylation is 1. The Bertz CT molecular complexity index is 286. The van der Waals surface area contributed by atoms with Crippen LogP contribution in [0.2, 0.25) is 0 Å². The van der Waals surface area contributed by atoms with Gasteiger partial charge in [0.2, 0.25) is 0 Å². The number of aromatic nitrogens is 3. The van der Waals surface area contributed by atoms with Gasteiger partial charge in [0.25, 0.3) is 0 Å². The van der Waals surface area contributed by atoms with E-state index in [4.69, 9.17) is 0 Å². The maximum absolute atomic E-state index is 4.16. The Hall–Kier alpha value is -0.900. The molecule has 13 heavy (non-hydrogen) atoms. The summed E-state index contributed by atoms with van der Waals surface area (Å²) in [6.45, 7) is 3.29. The SMILES string of the molecule is Cn1cnnc1C1(C)CCCCN1. The van der Waals surface area contributed by atoms with E-state index in [0.717, 1.165) is 18.8 Å². The third-order valence-corrected chi connectivity index (χ3v) is 2.82. The van der Waals surface area contributed by atoms with Crippen molar-refractivity contribution in [1.82, 2.24) is 20.1 Å². The fourth-order valence-electron chi connectivity index (χ4n) is 2.03. The number of piperidine rings is 1. The van der Waals surface area contributed by atoms with Crippen molar-refractivity contribution in [2.45, 2.75) is 31.7 Å². The van der Waals surface area contributed by atoms with Crippen LogP contribution in [0.15, 0.2) is 6.33 Å². The first-order valence-corrected chi connectivity index (χ1v) is 4.82. The molecule has 0 amide bonds. The van der Waals surface area contributed by atoms with Gasteiger partial charge in [-0.25, -0.2) is 0 Å². The van der Waals surface area contributed by atoms with E-state index in [1.807, 2.05) is 11.6 Å². The molecule has 0 saturated carbocycles. The molecule has 1 aliphatic heterocycles. The molecule has 4 heteroatoms. The molecule has 4 nitrogen and oxygen atoms in total. The highest BCUT2D eigenvalue weighted by molar-refractivity contribution is 5.05. The molecule has 0 spiro atoms. The molecule has 1 unspecified atom stereocenters. The molecule has 1 N–H and O–H groups in total. The van der Waals surface area contributed by atoms with E-state index in [9.17, 15) is 0 Å². The second-order valence-electron chi connectivity index (χ2n) is 3.98. The maximum atomic E-state index is 4.16. The molecule has 0 aromatic carbocycles. The van der Waals surface area contributed by atoms with Gasteiger partial charge in [0.05, 0.1) is 5.54 Å². The molecule has 1 aromatic heterocycles. The second kappa shape index (κ2) is 3.10. The number of rotatable bonds is 1. The Balaban J connectivity index is 2.27. The first-order chi connectivity index (χ1) is 6.22. The molecular weight excluding hydrogens is 164 g/mol. The van der Waals surface area contributed by atoms with Crippen LogP contribution in [0.3, 0.4) is 0 Å². The predicted molar refractivity (Wildman–Crippen MR) is 50.2 cm³/mol. The van der Waals surface area contributed by atoms with Gasteiger partial charge in [0, 0.05) is 7.05 Å². The van der Waals surface area contributed by atoms with Crippen LogP contribution in [0, 0.1) is 0 Å². The molecule has 1 aromatic rings. The monoisotopic (exact) mass is 180 g/mol. The third-order valence-electron chi connectivity index (χ3n) is 2.82. The maximum Gasteiger partial charge on any atom is 0.152 e. The molecule has 0 aliphatic carbocycles. The van der Waals surface area contributed by atoms with Crippen molar-refractivity contribution in [1.29, 1.82) is 0 Å². The van der Waals surface area contributed by atoms with Gasteiger partial charge < -0.3 is 9.88 Å². The minimum Gasteiger partial charge on any atom is -0.319 e. The zero-order valence-corrected chi connectivity index (χ0v) is 8.25. The van der Waals surface area contributed by atoms with E-state index < -0.39 is 0 Å². The van der Waals surface area contributed by atoms with E-state index in [2.05, 4.69) is 22.4 Å². The van der Waals surface area contributed by atoms with Gasteiger partial charge in [-0.3, -0.25) is 0 Å². The van der Waals surface area contributed by atoms with Crippen molar-refractivity contribution >= 4 is 0 Å². The Kier molecular flexibility index (Phi) is 2.07. The Labute approximate surface area is 78.4 Å². The first kappa shape index (κ1) is 8.69. The van der Waals surface area contributed by atoms with Crippen molar-refractivity contribution in [3.63, 3.8) is 0 Å². The van der Waals surface area contributed by atoms with E-state index in [0.29, 0.717) is 0 Å². The van der Waals surface area contributed by atoms with Crippen LogP contribution in [-0.2, 0) is 12.6 Å². The summed E-state index contributed by atoms with van der Waals surface area (Å²) in [5.41, 5.74) is 0.0312. The lowest BCUT2D eigenvalue weighted by Crippen LogP contribution is -2.45. The summed E-state index contributed by atoms with van der Waals surface area (Å²) in [4.78, 5) is 0. The van der Waals surface area contributed by atoms with Crippen LogP contribution in [-0.4, -0.2) is 21.3 Å². The van der Waals surface area contributed by atoms with Gasteiger partial charge in [-0.05, 0) is 32.7 Å². The largest absolute Gasteiger partial charge is 0.319 e. The van der Waals surface area contributed by atoms with Crippen LogP contribution in [0.5, 0.6) is 0 Å². The highest BCUT2D eigenvalue weighted by Gasteiger charge is 2.32. The van der Waals surface area contributed by atoms with Crippen LogP contribution >= 0.6 is 0 Å². The normalized spacial score (nSPS) is 29.1. The van der Waals surface area contributed by atoms with E-state index >= 15 is 0 Å². The second-order valence-corrected chi connectivity index (χ2v) is 3.98. The Morgan fingerprint density at radius 1 is 1.54 bits per heavy atom. The molecule has 2 heterocycles. The zero-order valence-electron chi connectivity index (χ0n) is 8.25. The number of hydrogen-bond donors (Lipinski definition) is 1. The zero-order chi connectivity index (χ0) is 9.31. The smallest absolute Gasteiger partial charge is 0.152 e. The highest BCUT2D eigenvalue weighted by atomic mass is 15.3. The summed E-state index contributed by atoms with van der Waals surface area (Å²) in [6, 6.07) is 0. The molecule has 1 aliphatic rings. The lowest BCUT2D eigenvalue weighted by atomic mass is 9.90. The topological polar surface area (TPSA) is 42.7 Å². The number of hydrogen-bond acceptors (Lipinski definition) is 3. The van der Waals surface area contributed by atoms with Crippen molar-refractivity contribution < 1.29 is 0 Å². The fourth-order valence-corrected chi connectivity index (χ4v) is 2.03. The number of nitrogens with one attached hydrogen (secondary N) is 1. The van der Waals surface area contributed by atoms with Gasteiger partial charge in [-0.15, -0.1) is 10.2 Å². The van der Waals surface area contributed by atoms with Gasteiger partial charge >= 0.3 is 0 Å². The lowest BCUT2D eigenvalue weighted by Gasteiger charge is -2.33. The van der Waals surface area contributed by atoms with Gasteiger partial charge in [-0.2, -0.15) is 0 Å². The summed E-state index contributed by atoms with van der Waals surface area (Å²) in [7, 11) is 2.00. The average molecular weight is 180 g/mol. The Morgan fingerprint density at radius 2 is 2.38 bits per heavy atom. The summed E-state index contributed by atoms with van der Waals surface area (Å²) < 4.78 is 2.00. The molecule has 0 radical (unpaired) electrons.